The number of carbonyl (C=O) groups excluding carboxylic acids is 1. The maximum absolute atomic E-state index is 12.3. The second-order valence-electron chi connectivity index (χ2n) is 4.73. The number of nitrogens with one attached hydrogen (secondary N) is 1. The van der Waals surface area contributed by atoms with Gasteiger partial charge >= 0.3 is 0 Å². The molecule has 1 amide bonds. The minimum Gasteiger partial charge on any atom is -0.490 e. The molecule has 0 atom stereocenters. The summed E-state index contributed by atoms with van der Waals surface area (Å²) in [5.41, 5.74) is 0.997. The number of anilines is 1. The van der Waals surface area contributed by atoms with E-state index in [4.69, 9.17) is 14.2 Å². The van der Waals surface area contributed by atoms with E-state index in [9.17, 15) is 4.79 Å². The Bertz CT molecular complexity index is 688. The van der Waals surface area contributed by atoms with Crippen LogP contribution in [0, 0.1) is 0 Å². The smallest absolute Gasteiger partial charge is 0.261 e. The summed E-state index contributed by atoms with van der Waals surface area (Å²) in [4.78, 5) is 16.3. The number of carbonyl (C=O) groups is 1. The highest BCUT2D eigenvalue weighted by molar-refractivity contribution is 6.05. The Hall–Kier alpha value is -2.76. The minimum atomic E-state index is -0.292. The highest BCUT2D eigenvalue weighted by Gasteiger charge is 2.15. The van der Waals surface area contributed by atoms with Gasteiger partial charge in [-0.1, -0.05) is 0 Å². The molecule has 1 aromatic carbocycles. The van der Waals surface area contributed by atoms with Crippen LogP contribution in [0.2, 0.25) is 0 Å². The van der Waals surface area contributed by atoms with Crippen molar-refractivity contribution in [2.75, 3.05) is 25.6 Å². The Morgan fingerprint density at radius 2 is 2.05 bits per heavy atom. The third kappa shape index (κ3) is 2.95. The van der Waals surface area contributed by atoms with Gasteiger partial charge < -0.3 is 19.5 Å². The number of fused-ring (bicyclic) bond motifs is 1. The second-order valence-corrected chi connectivity index (χ2v) is 4.73. The number of methoxy groups -OCH3 is 1. The average molecular weight is 300 g/mol. The van der Waals surface area contributed by atoms with Gasteiger partial charge in [0.15, 0.2) is 11.5 Å². The van der Waals surface area contributed by atoms with Crippen LogP contribution in [0.4, 0.5) is 5.69 Å². The molecule has 0 radical (unpaired) electrons. The number of rotatable bonds is 3. The lowest BCUT2D eigenvalue weighted by molar-refractivity contribution is 0.102. The van der Waals surface area contributed by atoms with E-state index in [0.717, 1.165) is 6.42 Å². The first-order chi connectivity index (χ1) is 10.8. The number of hydrogen-bond donors (Lipinski definition) is 1. The zero-order valence-corrected chi connectivity index (χ0v) is 12.2. The average Bonchev–Trinajstić information content (AvgIpc) is 2.79. The number of ether oxygens (including phenoxy) is 3. The second kappa shape index (κ2) is 6.34. The van der Waals surface area contributed by atoms with Gasteiger partial charge in [-0.2, -0.15) is 0 Å². The monoisotopic (exact) mass is 300 g/mol. The zero-order chi connectivity index (χ0) is 15.4. The molecule has 0 bridgehead atoms. The van der Waals surface area contributed by atoms with E-state index in [1.807, 2.05) is 0 Å². The van der Waals surface area contributed by atoms with Gasteiger partial charge in [0.2, 0.25) is 5.88 Å². The van der Waals surface area contributed by atoms with Crippen LogP contribution in [0.1, 0.15) is 16.8 Å². The van der Waals surface area contributed by atoms with Crippen LogP contribution in [-0.4, -0.2) is 31.2 Å². The van der Waals surface area contributed by atoms with Crippen LogP contribution in [0.25, 0.3) is 0 Å². The number of hydrogen-bond acceptors (Lipinski definition) is 5. The summed E-state index contributed by atoms with van der Waals surface area (Å²) in [6, 6.07) is 8.65. The molecule has 22 heavy (non-hydrogen) atoms. The fourth-order valence-electron chi connectivity index (χ4n) is 2.17. The third-order valence-corrected chi connectivity index (χ3v) is 3.21. The van der Waals surface area contributed by atoms with Crippen LogP contribution in [0.15, 0.2) is 36.5 Å². The van der Waals surface area contributed by atoms with Crippen molar-refractivity contribution in [2.24, 2.45) is 0 Å². The van der Waals surface area contributed by atoms with E-state index in [2.05, 4.69) is 10.3 Å². The van der Waals surface area contributed by atoms with Gasteiger partial charge in [0, 0.05) is 24.4 Å². The summed E-state index contributed by atoms with van der Waals surface area (Å²) in [6.07, 6.45) is 2.41. The predicted molar refractivity (Wildman–Crippen MR) is 80.8 cm³/mol. The van der Waals surface area contributed by atoms with Crippen molar-refractivity contribution < 1.29 is 19.0 Å². The molecule has 1 aromatic heterocycles. The lowest BCUT2D eigenvalue weighted by atomic mass is 10.2. The summed E-state index contributed by atoms with van der Waals surface area (Å²) in [5, 5.41) is 2.81. The van der Waals surface area contributed by atoms with E-state index < -0.39 is 0 Å². The SMILES string of the molecule is COc1ncccc1C(=O)Nc1ccc2c(c1)OCCCO2. The molecular formula is C16H16N2O4. The zero-order valence-electron chi connectivity index (χ0n) is 12.2. The first-order valence-electron chi connectivity index (χ1n) is 6.98. The molecule has 6 nitrogen and oxygen atoms in total. The lowest BCUT2D eigenvalue weighted by Gasteiger charge is -2.11. The van der Waals surface area contributed by atoms with Gasteiger partial charge in [-0.15, -0.1) is 0 Å². The molecular weight excluding hydrogens is 284 g/mol. The Kier molecular flexibility index (Phi) is 4.09. The number of aromatic nitrogens is 1. The molecule has 114 valence electrons. The maximum atomic E-state index is 12.3. The number of benzene rings is 1. The molecule has 0 saturated heterocycles. The molecule has 0 spiro atoms. The quantitative estimate of drug-likeness (QED) is 0.943. The lowest BCUT2D eigenvalue weighted by Crippen LogP contribution is -2.13. The first-order valence-corrected chi connectivity index (χ1v) is 6.98. The van der Waals surface area contributed by atoms with Crippen LogP contribution in [0.3, 0.4) is 0 Å². The molecule has 0 unspecified atom stereocenters. The Morgan fingerprint density at radius 1 is 1.23 bits per heavy atom. The number of pyridine rings is 1. The molecule has 2 heterocycles. The van der Waals surface area contributed by atoms with Crippen LogP contribution >= 0.6 is 0 Å². The summed E-state index contributed by atoms with van der Waals surface area (Å²) in [7, 11) is 1.48. The molecule has 6 heteroatoms. The van der Waals surface area contributed by atoms with Crippen molar-refractivity contribution >= 4 is 11.6 Å². The van der Waals surface area contributed by atoms with Gasteiger partial charge in [-0.25, -0.2) is 4.98 Å². The maximum Gasteiger partial charge on any atom is 0.261 e. The molecule has 1 N–H and O–H groups in total. The van der Waals surface area contributed by atoms with E-state index in [1.54, 1.807) is 36.5 Å². The standard InChI is InChI=1S/C16H16N2O4/c1-20-16-12(4-2-7-17-16)15(19)18-11-5-6-13-14(10-11)22-9-3-8-21-13/h2,4-7,10H,3,8-9H2,1H3,(H,18,19). The number of amides is 1. The molecule has 1 aliphatic rings. The van der Waals surface area contributed by atoms with Crippen molar-refractivity contribution in [1.29, 1.82) is 0 Å². The van der Waals surface area contributed by atoms with Crippen molar-refractivity contribution in [1.82, 2.24) is 4.98 Å². The van der Waals surface area contributed by atoms with Crippen LogP contribution in [0.5, 0.6) is 17.4 Å². The molecule has 0 fully saturated rings. The highest BCUT2D eigenvalue weighted by Crippen LogP contribution is 2.32. The normalized spacial score (nSPS) is 13.1. The first kappa shape index (κ1) is 14.2. The molecule has 0 aliphatic carbocycles. The fraction of sp³-hybridized carbons (Fsp3) is 0.250. The Morgan fingerprint density at radius 3 is 2.86 bits per heavy atom. The van der Waals surface area contributed by atoms with Gasteiger partial charge in [-0.05, 0) is 24.3 Å². The van der Waals surface area contributed by atoms with E-state index in [-0.39, 0.29) is 11.8 Å². The van der Waals surface area contributed by atoms with E-state index in [0.29, 0.717) is 36.0 Å². The van der Waals surface area contributed by atoms with Crippen LogP contribution < -0.4 is 19.5 Å². The third-order valence-electron chi connectivity index (χ3n) is 3.21. The molecule has 1 aliphatic heterocycles. The number of nitrogens with zero attached hydrogens (tertiary/aromatic N) is 1. The van der Waals surface area contributed by atoms with E-state index in [1.165, 1.54) is 7.11 Å². The molecule has 3 rings (SSSR count). The van der Waals surface area contributed by atoms with Crippen molar-refractivity contribution in [2.45, 2.75) is 6.42 Å². The topological polar surface area (TPSA) is 69.7 Å². The van der Waals surface area contributed by atoms with Gasteiger partial charge in [0.1, 0.15) is 5.56 Å². The summed E-state index contributed by atoms with van der Waals surface area (Å²) in [5.74, 6) is 1.32. The van der Waals surface area contributed by atoms with Crippen molar-refractivity contribution in [3.8, 4) is 17.4 Å². The fourth-order valence-corrected chi connectivity index (χ4v) is 2.17. The summed E-state index contributed by atoms with van der Waals surface area (Å²) >= 11 is 0. The Balaban J connectivity index is 1.81. The largest absolute Gasteiger partial charge is 0.490 e. The summed E-state index contributed by atoms with van der Waals surface area (Å²) in [6.45, 7) is 1.23. The minimum absolute atomic E-state index is 0.286. The van der Waals surface area contributed by atoms with Crippen molar-refractivity contribution in [3.05, 3.63) is 42.1 Å². The van der Waals surface area contributed by atoms with Crippen molar-refractivity contribution in [3.63, 3.8) is 0 Å². The van der Waals surface area contributed by atoms with Gasteiger partial charge in [0.25, 0.3) is 5.91 Å². The van der Waals surface area contributed by atoms with Gasteiger partial charge in [-0.3, -0.25) is 4.79 Å². The molecule has 0 saturated carbocycles. The predicted octanol–water partition coefficient (Wildman–Crippen LogP) is 2.50. The highest BCUT2D eigenvalue weighted by atomic mass is 16.5. The summed E-state index contributed by atoms with van der Waals surface area (Å²) < 4.78 is 16.3. The van der Waals surface area contributed by atoms with Crippen LogP contribution in [-0.2, 0) is 0 Å². The Labute approximate surface area is 128 Å². The molecule has 2 aromatic rings. The van der Waals surface area contributed by atoms with Gasteiger partial charge in [0.05, 0.1) is 20.3 Å². The van der Waals surface area contributed by atoms with E-state index >= 15 is 0 Å².